The molecule has 0 aliphatic rings. The molecule has 1 rings (SSSR count). The van der Waals surface area contributed by atoms with Gasteiger partial charge in [-0.05, 0) is 39.8 Å². The third-order valence-electron chi connectivity index (χ3n) is 2.98. The zero-order valence-corrected chi connectivity index (χ0v) is 13.3. The summed E-state index contributed by atoms with van der Waals surface area (Å²) in [5.74, 6) is -0.269. The smallest absolute Gasteiger partial charge is 0.256 e. The zero-order chi connectivity index (χ0) is 15.8. The van der Waals surface area contributed by atoms with Crippen LogP contribution in [-0.2, 0) is 4.79 Å². The highest BCUT2D eigenvalue weighted by Gasteiger charge is 2.19. The minimum atomic E-state index is -0.138. The van der Waals surface area contributed by atoms with Crippen molar-refractivity contribution in [1.29, 1.82) is 0 Å². The van der Waals surface area contributed by atoms with Crippen LogP contribution >= 0.6 is 0 Å². The Morgan fingerprint density at radius 3 is 2.43 bits per heavy atom. The molecule has 0 saturated heterocycles. The Morgan fingerprint density at radius 2 is 1.86 bits per heavy atom. The number of anilines is 1. The number of nitrogens with zero attached hydrogens (tertiary/aromatic N) is 1. The Morgan fingerprint density at radius 1 is 1.19 bits per heavy atom. The average molecular weight is 291 g/mol. The molecule has 2 amide bonds. The average Bonchev–Trinajstić information content (AvgIpc) is 2.44. The van der Waals surface area contributed by atoms with E-state index in [1.165, 1.54) is 0 Å². The molecule has 0 unspecified atom stereocenters. The van der Waals surface area contributed by atoms with Crippen LogP contribution in [0.2, 0.25) is 0 Å². The van der Waals surface area contributed by atoms with Crippen LogP contribution in [0.5, 0.6) is 0 Å². The van der Waals surface area contributed by atoms with Gasteiger partial charge in [-0.25, -0.2) is 0 Å². The molecule has 2 N–H and O–H groups in total. The van der Waals surface area contributed by atoms with Gasteiger partial charge in [0.05, 0.1) is 12.1 Å². The first kappa shape index (κ1) is 17.0. The van der Waals surface area contributed by atoms with Crippen LogP contribution in [0.3, 0.4) is 0 Å². The Hall–Kier alpha value is -2.04. The normalized spacial score (nSPS) is 10.3. The molecule has 0 saturated carbocycles. The second-order valence-electron chi connectivity index (χ2n) is 5.12. The summed E-state index contributed by atoms with van der Waals surface area (Å²) in [6, 6.07) is 7.44. The number of amides is 2. The number of carbonyl (C=O) groups excluding carboxylic acids is 2. The van der Waals surface area contributed by atoms with E-state index in [1.807, 2.05) is 45.9 Å². The van der Waals surface area contributed by atoms with Crippen molar-refractivity contribution in [2.24, 2.45) is 0 Å². The lowest BCUT2D eigenvalue weighted by atomic mass is 10.1. The monoisotopic (exact) mass is 291 g/mol. The van der Waals surface area contributed by atoms with Crippen molar-refractivity contribution >= 4 is 17.5 Å². The summed E-state index contributed by atoms with van der Waals surface area (Å²) in [7, 11) is 0. The Bertz CT molecular complexity index is 486. The largest absolute Gasteiger partial charge is 0.385 e. The van der Waals surface area contributed by atoms with E-state index in [9.17, 15) is 9.59 Å². The van der Waals surface area contributed by atoms with Crippen molar-refractivity contribution in [2.75, 3.05) is 25.0 Å². The molecule has 0 aliphatic heterocycles. The van der Waals surface area contributed by atoms with Gasteiger partial charge in [-0.3, -0.25) is 9.59 Å². The van der Waals surface area contributed by atoms with Crippen LogP contribution in [0.4, 0.5) is 5.69 Å². The molecule has 0 bridgehead atoms. The lowest BCUT2D eigenvalue weighted by Gasteiger charge is -2.22. The molecular weight excluding hydrogens is 266 g/mol. The van der Waals surface area contributed by atoms with Gasteiger partial charge in [0, 0.05) is 24.8 Å². The zero-order valence-electron chi connectivity index (χ0n) is 13.3. The molecule has 5 heteroatoms. The van der Waals surface area contributed by atoms with Crippen LogP contribution in [0.15, 0.2) is 24.3 Å². The standard InChI is InChI=1S/C16H25N3O2/c1-5-17-14-10-8-7-9-13(14)16(21)19(6-2)11-15(20)18-12(3)4/h7-10,12,17H,5-6,11H2,1-4H3,(H,18,20). The second-order valence-corrected chi connectivity index (χ2v) is 5.12. The maximum atomic E-state index is 12.6. The van der Waals surface area contributed by atoms with E-state index in [4.69, 9.17) is 0 Å². The first-order valence-corrected chi connectivity index (χ1v) is 7.41. The highest BCUT2D eigenvalue weighted by molar-refractivity contribution is 6.01. The van der Waals surface area contributed by atoms with E-state index in [0.29, 0.717) is 12.1 Å². The summed E-state index contributed by atoms with van der Waals surface area (Å²) < 4.78 is 0. The van der Waals surface area contributed by atoms with Crippen molar-refractivity contribution in [3.05, 3.63) is 29.8 Å². The molecule has 1 aromatic rings. The lowest BCUT2D eigenvalue weighted by Crippen LogP contribution is -2.42. The molecule has 0 atom stereocenters. The Balaban J connectivity index is 2.86. The molecule has 0 radical (unpaired) electrons. The number of benzene rings is 1. The molecule has 21 heavy (non-hydrogen) atoms. The van der Waals surface area contributed by atoms with E-state index >= 15 is 0 Å². The van der Waals surface area contributed by atoms with Crippen LogP contribution < -0.4 is 10.6 Å². The summed E-state index contributed by atoms with van der Waals surface area (Å²) in [5.41, 5.74) is 1.39. The Kier molecular flexibility index (Phi) is 6.72. The van der Waals surface area contributed by atoms with Crippen LogP contribution in [0.1, 0.15) is 38.1 Å². The number of likely N-dealkylation sites (N-methyl/N-ethyl adjacent to an activating group) is 1. The summed E-state index contributed by atoms with van der Waals surface area (Å²) >= 11 is 0. The van der Waals surface area contributed by atoms with Crippen LogP contribution in [-0.4, -0.2) is 42.4 Å². The number of nitrogens with one attached hydrogen (secondary N) is 2. The van der Waals surface area contributed by atoms with Gasteiger partial charge >= 0.3 is 0 Å². The van der Waals surface area contributed by atoms with Crippen molar-refractivity contribution in [3.63, 3.8) is 0 Å². The fourth-order valence-corrected chi connectivity index (χ4v) is 2.05. The third-order valence-corrected chi connectivity index (χ3v) is 2.98. The molecule has 0 fully saturated rings. The molecule has 1 aromatic carbocycles. The van der Waals surface area contributed by atoms with E-state index in [1.54, 1.807) is 11.0 Å². The maximum Gasteiger partial charge on any atom is 0.256 e. The third kappa shape index (κ3) is 5.10. The summed E-state index contributed by atoms with van der Waals surface area (Å²) in [6.07, 6.45) is 0. The highest BCUT2D eigenvalue weighted by atomic mass is 16.2. The SMILES string of the molecule is CCNc1ccccc1C(=O)N(CC)CC(=O)NC(C)C. The quantitative estimate of drug-likeness (QED) is 0.809. The van der Waals surface area contributed by atoms with E-state index in [2.05, 4.69) is 10.6 Å². The van der Waals surface area contributed by atoms with Gasteiger partial charge in [-0.2, -0.15) is 0 Å². The second kappa shape index (κ2) is 8.29. The van der Waals surface area contributed by atoms with Crippen molar-refractivity contribution in [2.45, 2.75) is 33.7 Å². The minimum absolute atomic E-state index is 0.0698. The number of hydrogen-bond acceptors (Lipinski definition) is 3. The number of carbonyl (C=O) groups is 2. The van der Waals surface area contributed by atoms with Crippen LogP contribution in [0, 0.1) is 0 Å². The topological polar surface area (TPSA) is 61.4 Å². The number of rotatable bonds is 7. The first-order chi connectivity index (χ1) is 9.99. The molecule has 5 nitrogen and oxygen atoms in total. The molecule has 0 spiro atoms. The fraction of sp³-hybridized carbons (Fsp3) is 0.500. The molecule has 0 heterocycles. The van der Waals surface area contributed by atoms with Gasteiger partial charge in [0.25, 0.3) is 5.91 Å². The van der Waals surface area contributed by atoms with Crippen LogP contribution in [0.25, 0.3) is 0 Å². The number of para-hydroxylation sites is 1. The first-order valence-electron chi connectivity index (χ1n) is 7.41. The van der Waals surface area contributed by atoms with E-state index in [-0.39, 0.29) is 24.4 Å². The lowest BCUT2D eigenvalue weighted by molar-refractivity contribution is -0.122. The van der Waals surface area contributed by atoms with Gasteiger partial charge in [-0.1, -0.05) is 12.1 Å². The van der Waals surface area contributed by atoms with E-state index in [0.717, 1.165) is 12.2 Å². The summed E-state index contributed by atoms with van der Waals surface area (Å²) in [4.78, 5) is 26.0. The summed E-state index contributed by atoms with van der Waals surface area (Å²) in [6.45, 7) is 8.96. The molecule has 0 aliphatic carbocycles. The van der Waals surface area contributed by atoms with Gasteiger partial charge < -0.3 is 15.5 Å². The molecular formula is C16H25N3O2. The van der Waals surface area contributed by atoms with Crippen molar-refractivity contribution < 1.29 is 9.59 Å². The predicted molar refractivity (Wildman–Crippen MR) is 85.5 cm³/mol. The van der Waals surface area contributed by atoms with Gasteiger partial charge in [0.15, 0.2) is 0 Å². The van der Waals surface area contributed by atoms with Crippen molar-refractivity contribution in [1.82, 2.24) is 10.2 Å². The fourth-order valence-electron chi connectivity index (χ4n) is 2.05. The van der Waals surface area contributed by atoms with Gasteiger partial charge in [-0.15, -0.1) is 0 Å². The molecule has 0 aromatic heterocycles. The summed E-state index contributed by atoms with van der Waals surface area (Å²) in [5, 5.41) is 5.98. The van der Waals surface area contributed by atoms with Crippen molar-refractivity contribution in [3.8, 4) is 0 Å². The number of hydrogen-bond donors (Lipinski definition) is 2. The minimum Gasteiger partial charge on any atom is -0.385 e. The molecule has 116 valence electrons. The van der Waals surface area contributed by atoms with Gasteiger partial charge in [0.2, 0.25) is 5.91 Å². The highest BCUT2D eigenvalue weighted by Crippen LogP contribution is 2.17. The van der Waals surface area contributed by atoms with Gasteiger partial charge in [0.1, 0.15) is 0 Å². The maximum absolute atomic E-state index is 12.6. The Labute approximate surface area is 126 Å². The van der Waals surface area contributed by atoms with E-state index < -0.39 is 0 Å². The predicted octanol–water partition coefficient (Wildman–Crippen LogP) is 2.11.